The van der Waals surface area contributed by atoms with Gasteiger partial charge in [-0.1, -0.05) is 12.1 Å². The number of hydrogen-bond donors (Lipinski definition) is 1. The lowest BCUT2D eigenvalue weighted by Crippen LogP contribution is -2.13. The zero-order valence-corrected chi connectivity index (χ0v) is 9.35. The van der Waals surface area contributed by atoms with E-state index in [1.165, 1.54) is 23.5 Å². The number of aromatic nitrogens is 1. The topological polar surface area (TPSA) is 38.9 Å². The summed E-state index contributed by atoms with van der Waals surface area (Å²) >= 11 is 1.27. The van der Waals surface area contributed by atoms with Crippen molar-refractivity contribution in [3.8, 4) is 0 Å². The Hall–Kier alpha value is -1.40. The zero-order chi connectivity index (χ0) is 12.5. The minimum absolute atomic E-state index is 0.514. The monoisotopic (exact) mass is 257 g/mol. The Bertz CT molecular complexity index is 476. The van der Waals surface area contributed by atoms with Crippen LogP contribution in [0.4, 0.5) is 13.2 Å². The Labute approximate surface area is 99.9 Å². The van der Waals surface area contributed by atoms with Crippen LogP contribution in [0.2, 0.25) is 0 Å². The van der Waals surface area contributed by atoms with E-state index in [9.17, 15) is 13.2 Å². The van der Waals surface area contributed by atoms with Gasteiger partial charge in [0.15, 0.2) is 5.51 Å². The summed E-state index contributed by atoms with van der Waals surface area (Å²) in [5.41, 5.74) is 9.03. The van der Waals surface area contributed by atoms with Crippen LogP contribution < -0.4 is 5.73 Å². The molecule has 0 amide bonds. The van der Waals surface area contributed by atoms with Gasteiger partial charge in [-0.25, -0.2) is 4.98 Å². The number of halogens is 3. The molecule has 0 saturated carbocycles. The fraction of sp³-hybridized carbons (Fsp3) is 0.182. The Morgan fingerprint density at radius 2 is 1.88 bits per heavy atom. The molecule has 1 unspecified atom stereocenters. The molecule has 6 heteroatoms. The molecule has 2 nitrogen and oxygen atoms in total. The van der Waals surface area contributed by atoms with Crippen LogP contribution >= 0.6 is 11.3 Å². The first-order chi connectivity index (χ1) is 7.98. The van der Waals surface area contributed by atoms with Crippen LogP contribution in [-0.4, -0.2) is 4.98 Å². The normalized spacial score (nSPS) is 13.6. The Morgan fingerprint density at radius 3 is 2.35 bits per heavy atom. The van der Waals surface area contributed by atoms with Gasteiger partial charge in [-0.05, 0) is 17.7 Å². The third-order valence-corrected chi connectivity index (χ3v) is 2.88. The quantitative estimate of drug-likeness (QED) is 0.898. The molecule has 0 aliphatic rings. The van der Waals surface area contributed by atoms with Gasteiger partial charge in [0.2, 0.25) is 0 Å². The van der Waals surface area contributed by atoms with Crippen molar-refractivity contribution < 1.29 is 13.2 Å². The highest BCUT2D eigenvalue weighted by molar-refractivity contribution is 7.07. The highest BCUT2D eigenvalue weighted by Crippen LogP contribution is 2.30. The molecule has 2 N–H and O–H groups in total. The highest BCUT2D eigenvalue weighted by Gasteiger charge is 2.30. The largest absolute Gasteiger partial charge is 0.416 e. The smallest absolute Gasteiger partial charge is 0.319 e. The highest BCUT2D eigenvalue weighted by atomic mass is 32.1. The Morgan fingerprint density at radius 1 is 1.24 bits per heavy atom. The maximum atomic E-state index is 12.3. The van der Waals surface area contributed by atoms with Gasteiger partial charge in [-0.2, -0.15) is 13.2 Å². The molecule has 0 spiro atoms. The predicted molar refractivity (Wildman–Crippen MR) is 58.4 cm³/mol. The molecule has 2 aromatic rings. The molecule has 1 aromatic heterocycles. The van der Waals surface area contributed by atoms with Crippen molar-refractivity contribution >= 4 is 11.3 Å². The molecule has 2 rings (SSSR count). The number of rotatable bonds is 2. The van der Waals surface area contributed by atoms with Gasteiger partial charge in [0.05, 0.1) is 17.3 Å². The van der Waals surface area contributed by atoms with Gasteiger partial charge in [-0.3, -0.25) is 0 Å². The van der Waals surface area contributed by atoms with Crippen LogP contribution in [0.3, 0.4) is 0 Å². The van der Waals surface area contributed by atoms with Crippen LogP contribution in [0.25, 0.3) is 0 Å². The fourth-order valence-electron chi connectivity index (χ4n) is 1.39. The van der Waals surface area contributed by atoms with E-state index in [1.807, 2.05) is 0 Å². The lowest BCUT2D eigenvalue weighted by atomic mass is 10.0. The summed E-state index contributed by atoms with van der Waals surface area (Å²) in [5, 5.41) is 1.72. The summed E-state index contributed by atoms with van der Waals surface area (Å²) in [7, 11) is 0. The van der Waals surface area contributed by atoms with Crippen molar-refractivity contribution in [2.75, 3.05) is 0 Å². The molecule has 0 saturated heterocycles. The molecule has 89 valence electrons. The van der Waals surface area contributed by atoms with E-state index in [-0.39, 0.29) is 0 Å². The summed E-state index contributed by atoms with van der Waals surface area (Å²) < 4.78 is 37.0. The average Bonchev–Trinajstić information content (AvgIpc) is 2.80. The van der Waals surface area contributed by atoms with Gasteiger partial charge >= 0.3 is 6.18 Å². The Balaban J connectivity index is 2.24. The van der Waals surface area contributed by atoms with Crippen LogP contribution in [0.5, 0.6) is 0 Å². The second-order valence-corrected chi connectivity index (χ2v) is 4.12. The van der Waals surface area contributed by atoms with Gasteiger partial charge in [0.25, 0.3) is 0 Å². The maximum absolute atomic E-state index is 12.3. The Kier molecular flexibility index (Phi) is 3.17. The van der Waals surface area contributed by atoms with Crippen molar-refractivity contribution in [3.63, 3.8) is 0 Å². The van der Waals surface area contributed by atoms with Gasteiger partial charge < -0.3 is 5.73 Å². The standard InChI is InChI=1S/C11H8F3N2S/c12-11(13,14)8-3-1-7(2-4-8)10(15)9-5-17-6-16-9/h1-5,10H,15H2. The first kappa shape index (κ1) is 12.1. The predicted octanol–water partition coefficient (Wildman–Crippen LogP) is 3.01. The molecule has 1 heterocycles. The molecule has 1 atom stereocenters. The first-order valence-electron chi connectivity index (χ1n) is 4.72. The second kappa shape index (κ2) is 4.46. The molecule has 1 aromatic carbocycles. The number of alkyl halides is 3. The van der Waals surface area contributed by atoms with Crippen molar-refractivity contribution in [1.29, 1.82) is 0 Å². The number of nitrogens with zero attached hydrogens (tertiary/aromatic N) is 1. The van der Waals surface area contributed by atoms with Crippen LogP contribution in [0.15, 0.2) is 29.6 Å². The SMILES string of the molecule is NC(c1ccc(C(F)(F)F)cc1)c1cs[c]n1. The van der Waals surface area contributed by atoms with Crippen molar-refractivity contribution in [2.24, 2.45) is 5.73 Å². The van der Waals surface area contributed by atoms with Crippen LogP contribution in [-0.2, 0) is 6.18 Å². The number of benzene rings is 1. The lowest BCUT2D eigenvalue weighted by Gasteiger charge is -2.11. The van der Waals surface area contributed by atoms with E-state index in [1.54, 1.807) is 5.38 Å². The summed E-state index contributed by atoms with van der Waals surface area (Å²) in [6, 6.07) is 4.26. The zero-order valence-electron chi connectivity index (χ0n) is 8.53. The summed E-state index contributed by atoms with van der Waals surface area (Å²) in [5.74, 6) is 0. The lowest BCUT2D eigenvalue weighted by molar-refractivity contribution is -0.137. The van der Waals surface area contributed by atoms with Gasteiger partial charge in [-0.15, -0.1) is 11.3 Å². The first-order valence-corrected chi connectivity index (χ1v) is 5.60. The third-order valence-electron chi connectivity index (χ3n) is 2.32. The summed E-state index contributed by atoms with van der Waals surface area (Å²) in [4.78, 5) is 3.91. The van der Waals surface area contributed by atoms with Crippen molar-refractivity contribution in [1.82, 2.24) is 4.98 Å². The number of nitrogens with two attached hydrogens (primary N) is 1. The molecule has 1 radical (unpaired) electrons. The molecule has 17 heavy (non-hydrogen) atoms. The van der Waals surface area contributed by atoms with Crippen molar-refractivity contribution in [3.05, 3.63) is 52.0 Å². The van der Waals surface area contributed by atoms with Crippen molar-refractivity contribution in [2.45, 2.75) is 12.2 Å². The van der Waals surface area contributed by atoms with Gasteiger partial charge in [0, 0.05) is 5.38 Å². The molecule has 0 aliphatic carbocycles. The molecular weight excluding hydrogens is 249 g/mol. The van der Waals surface area contributed by atoms with E-state index >= 15 is 0 Å². The maximum Gasteiger partial charge on any atom is 0.416 e. The fourth-order valence-corrected chi connectivity index (χ4v) is 1.92. The summed E-state index contributed by atoms with van der Waals surface area (Å²) in [6.07, 6.45) is -4.32. The number of hydrogen-bond acceptors (Lipinski definition) is 3. The molecular formula is C11H8F3N2S. The van der Waals surface area contributed by atoms with E-state index in [0.717, 1.165) is 12.1 Å². The minimum atomic E-state index is -4.32. The minimum Gasteiger partial charge on any atom is -0.319 e. The average molecular weight is 257 g/mol. The number of thiazole rings is 1. The van der Waals surface area contributed by atoms with Crippen LogP contribution in [0, 0.1) is 5.51 Å². The molecule has 0 bridgehead atoms. The van der Waals surface area contributed by atoms with E-state index in [0.29, 0.717) is 11.3 Å². The molecule has 0 fully saturated rings. The van der Waals surface area contributed by atoms with Crippen LogP contribution in [0.1, 0.15) is 22.9 Å². The van der Waals surface area contributed by atoms with E-state index in [2.05, 4.69) is 10.5 Å². The second-order valence-electron chi connectivity index (χ2n) is 3.46. The third kappa shape index (κ3) is 2.65. The van der Waals surface area contributed by atoms with E-state index in [4.69, 9.17) is 5.73 Å². The van der Waals surface area contributed by atoms with Gasteiger partial charge in [0.1, 0.15) is 0 Å². The van der Waals surface area contributed by atoms with E-state index < -0.39 is 17.8 Å². The summed E-state index contributed by atoms with van der Waals surface area (Å²) in [6.45, 7) is 0. The molecule has 0 aliphatic heterocycles.